The number of aryl methyl sites for hydroxylation is 2. The molecule has 6 nitrogen and oxygen atoms in total. The summed E-state index contributed by atoms with van der Waals surface area (Å²) in [5.41, 5.74) is 1.13. The van der Waals surface area contributed by atoms with Gasteiger partial charge in [0.15, 0.2) is 0 Å². The predicted molar refractivity (Wildman–Crippen MR) is 83.3 cm³/mol. The van der Waals surface area contributed by atoms with E-state index in [4.69, 9.17) is 16.3 Å². The topological polar surface area (TPSA) is 73.2 Å². The Bertz CT molecular complexity index is 725. The number of nitrogens with zero attached hydrogens (tertiary/aromatic N) is 2. The molecule has 1 aromatic carbocycles. The lowest BCUT2D eigenvalue weighted by Crippen LogP contribution is -2.17. The van der Waals surface area contributed by atoms with Crippen molar-refractivity contribution < 1.29 is 14.3 Å². The maximum atomic E-state index is 12.3. The summed E-state index contributed by atoms with van der Waals surface area (Å²) in [5.74, 6) is -0.605. The molecule has 0 fully saturated rings. The molecule has 0 bridgehead atoms. The summed E-state index contributed by atoms with van der Waals surface area (Å²) in [6, 6.07) is 6.53. The van der Waals surface area contributed by atoms with Crippen LogP contribution in [-0.4, -0.2) is 28.3 Å². The van der Waals surface area contributed by atoms with Gasteiger partial charge in [-0.25, -0.2) is 4.79 Å². The average molecular weight is 322 g/mol. The molecule has 1 N–H and O–H groups in total. The number of carbonyl (C=O) groups excluding carboxylic acids is 2. The maximum Gasteiger partial charge on any atom is 0.343 e. The van der Waals surface area contributed by atoms with Crippen LogP contribution in [0.25, 0.3) is 0 Å². The molecular formula is C15H16ClN3O3. The largest absolute Gasteiger partial charge is 0.462 e. The van der Waals surface area contributed by atoms with Crippen LogP contribution in [0.2, 0.25) is 5.02 Å². The highest BCUT2D eigenvalue weighted by Crippen LogP contribution is 2.21. The van der Waals surface area contributed by atoms with Gasteiger partial charge in [0.25, 0.3) is 5.91 Å². The van der Waals surface area contributed by atoms with Crippen molar-refractivity contribution in [3.63, 3.8) is 0 Å². The lowest BCUT2D eigenvalue weighted by atomic mass is 10.2. The third-order valence-corrected chi connectivity index (χ3v) is 3.26. The molecule has 0 unspecified atom stereocenters. The number of benzene rings is 1. The first kappa shape index (κ1) is 16.0. The number of carbonyl (C=O) groups is 2. The Kier molecular flexibility index (Phi) is 4.82. The van der Waals surface area contributed by atoms with Gasteiger partial charge < -0.3 is 10.1 Å². The fraction of sp³-hybridized carbons (Fsp3) is 0.267. The molecule has 116 valence electrons. The number of rotatable bonds is 4. The number of aromatic nitrogens is 2. The minimum Gasteiger partial charge on any atom is -0.462 e. The van der Waals surface area contributed by atoms with Gasteiger partial charge in [0, 0.05) is 17.6 Å². The number of nitrogens with one attached hydrogen (secondary N) is 1. The molecule has 2 rings (SSSR count). The molecule has 0 saturated carbocycles. The van der Waals surface area contributed by atoms with E-state index in [0.29, 0.717) is 22.1 Å². The number of ether oxygens (including phenoxy) is 1. The van der Waals surface area contributed by atoms with Crippen molar-refractivity contribution in [2.45, 2.75) is 13.8 Å². The molecule has 0 spiro atoms. The zero-order valence-electron chi connectivity index (χ0n) is 12.5. The Balaban J connectivity index is 2.33. The lowest BCUT2D eigenvalue weighted by molar-refractivity contribution is 0.0526. The molecule has 7 heteroatoms. The molecule has 2 aromatic rings. The van der Waals surface area contributed by atoms with Crippen molar-refractivity contribution in [3.05, 3.63) is 46.1 Å². The predicted octanol–water partition coefficient (Wildman–Crippen LogP) is 2.81. The summed E-state index contributed by atoms with van der Waals surface area (Å²) in [6.07, 6.45) is 0. The van der Waals surface area contributed by atoms with Gasteiger partial charge >= 0.3 is 5.97 Å². The molecule has 0 aliphatic carbocycles. The summed E-state index contributed by atoms with van der Waals surface area (Å²) in [4.78, 5) is 24.3. The summed E-state index contributed by atoms with van der Waals surface area (Å²) in [7, 11) is 1.64. The van der Waals surface area contributed by atoms with Gasteiger partial charge in [0.1, 0.15) is 11.4 Å². The summed E-state index contributed by atoms with van der Waals surface area (Å²) >= 11 is 5.88. The monoisotopic (exact) mass is 321 g/mol. The Morgan fingerprint density at radius 2 is 2.14 bits per heavy atom. The first-order chi connectivity index (χ1) is 10.4. The third kappa shape index (κ3) is 3.28. The van der Waals surface area contributed by atoms with Crippen LogP contribution in [-0.2, 0) is 11.8 Å². The number of hydrogen-bond donors (Lipinski definition) is 1. The second-order valence-electron chi connectivity index (χ2n) is 4.62. The van der Waals surface area contributed by atoms with Crippen LogP contribution in [0.4, 0.5) is 5.82 Å². The fourth-order valence-corrected chi connectivity index (χ4v) is 2.25. The van der Waals surface area contributed by atoms with Crippen molar-refractivity contribution in [1.29, 1.82) is 0 Å². The number of esters is 1. The standard InChI is InChI=1S/C15H16ClN3O3/c1-4-22-15(21)12-9(2)18-19(3)13(12)17-14(20)10-6-5-7-11(16)8-10/h5-8H,4H2,1-3H3,(H,17,20). The summed E-state index contributed by atoms with van der Waals surface area (Å²) in [5, 5.41) is 7.30. The van der Waals surface area contributed by atoms with Gasteiger partial charge in [-0.15, -0.1) is 0 Å². The van der Waals surface area contributed by atoms with Crippen LogP contribution < -0.4 is 5.32 Å². The molecule has 1 aromatic heterocycles. The maximum absolute atomic E-state index is 12.3. The van der Waals surface area contributed by atoms with Crippen LogP contribution in [0, 0.1) is 6.92 Å². The number of halogens is 1. The molecule has 22 heavy (non-hydrogen) atoms. The average Bonchev–Trinajstić information content (AvgIpc) is 2.73. The van der Waals surface area contributed by atoms with Crippen molar-refractivity contribution >= 4 is 29.3 Å². The normalized spacial score (nSPS) is 10.4. The Labute approximate surface area is 133 Å². The minimum atomic E-state index is -0.519. The highest BCUT2D eigenvalue weighted by atomic mass is 35.5. The zero-order valence-corrected chi connectivity index (χ0v) is 13.3. The van der Waals surface area contributed by atoms with Crippen LogP contribution in [0.1, 0.15) is 33.3 Å². The van der Waals surface area contributed by atoms with Crippen molar-refractivity contribution in [3.8, 4) is 0 Å². The molecule has 0 aliphatic rings. The van der Waals surface area contributed by atoms with Crippen LogP contribution in [0.5, 0.6) is 0 Å². The quantitative estimate of drug-likeness (QED) is 0.879. The minimum absolute atomic E-state index is 0.245. The van der Waals surface area contributed by atoms with Crippen LogP contribution in [0.3, 0.4) is 0 Å². The molecular weight excluding hydrogens is 306 g/mol. The smallest absolute Gasteiger partial charge is 0.343 e. The molecule has 1 amide bonds. The van der Waals surface area contributed by atoms with Crippen molar-refractivity contribution in [2.24, 2.45) is 7.05 Å². The highest BCUT2D eigenvalue weighted by Gasteiger charge is 2.23. The number of anilines is 1. The third-order valence-electron chi connectivity index (χ3n) is 3.02. The fourth-order valence-electron chi connectivity index (χ4n) is 2.06. The van der Waals surface area contributed by atoms with Gasteiger partial charge in [0.2, 0.25) is 0 Å². The second kappa shape index (κ2) is 6.62. The van der Waals surface area contributed by atoms with E-state index >= 15 is 0 Å². The molecule has 0 saturated heterocycles. The van der Waals surface area contributed by atoms with E-state index in [1.54, 1.807) is 45.2 Å². The Hall–Kier alpha value is -2.34. The van der Waals surface area contributed by atoms with E-state index in [1.807, 2.05) is 0 Å². The SMILES string of the molecule is CCOC(=O)c1c(C)nn(C)c1NC(=O)c1cccc(Cl)c1. The van der Waals surface area contributed by atoms with Crippen LogP contribution >= 0.6 is 11.6 Å². The van der Waals surface area contributed by atoms with E-state index in [1.165, 1.54) is 4.68 Å². The van der Waals surface area contributed by atoms with E-state index in [2.05, 4.69) is 10.4 Å². The number of hydrogen-bond acceptors (Lipinski definition) is 4. The van der Waals surface area contributed by atoms with E-state index in [-0.39, 0.29) is 18.1 Å². The van der Waals surface area contributed by atoms with Gasteiger partial charge in [-0.3, -0.25) is 9.48 Å². The molecule has 0 radical (unpaired) electrons. The van der Waals surface area contributed by atoms with E-state index < -0.39 is 5.97 Å². The van der Waals surface area contributed by atoms with Gasteiger partial charge in [0.05, 0.1) is 12.3 Å². The first-order valence-corrected chi connectivity index (χ1v) is 7.09. The second-order valence-corrected chi connectivity index (χ2v) is 5.05. The highest BCUT2D eigenvalue weighted by molar-refractivity contribution is 6.31. The molecule has 0 atom stereocenters. The van der Waals surface area contributed by atoms with Gasteiger partial charge in [-0.05, 0) is 32.0 Å². The van der Waals surface area contributed by atoms with E-state index in [9.17, 15) is 9.59 Å². The van der Waals surface area contributed by atoms with Crippen LogP contribution in [0.15, 0.2) is 24.3 Å². The molecule has 0 aliphatic heterocycles. The Morgan fingerprint density at radius 1 is 1.41 bits per heavy atom. The van der Waals surface area contributed by atoms with E-state index in [0.717, 1.165) is 0 Å². The summed E-state index contributed by atoms with van der Waals surface area (Å²) < 4.78 is 6.44. The first-order valence-electron chi connectivity index (χ1n) is 6.71. The lowest BCUT2D eigenvalue weighted by Gasteiger charge is -2.08. The van der Waals surface area contributed by atoms with Gasteiger partial charge in [-0.1, -0.05) is 17.7 Å². The summed E-state index contributed by atoms with van der Waals surface area (Å²) in [6.45, 7) is 3.64. The van der Waals surface area contributed by atoms with Crippen molar-refractivity contribution in [1.82, 2.24) is 9.78 Å². The zero-order chi connectivity index (χ0) is 16.3. The molecule has 1 heterocycles. The number of amides is 1. The Morgan fingerprint density at radius 3 is 2.77 bits per heavy atom. The van der Waals surface area contributed by atoms with Crippen molar-refractivity contribution in [2.75, 3.05) is 11.9 Å². The van der Waals surface area contributed by atoms with Gasteiger partial charge in [-0.2, -0.15) is 5.10 Å².